The molecule has 1 heterocycles. The monoisotopic (exact) mass is 271 g/mol. The second-order valence-electron chi connectivity index (χ2n) is 4.77. The number of fused-ring (bicyclic) bond motifs is 1. The molecule has 0 unspecified atom stereocenters. The van der Waals surface area contributed by atoms with Crippen LogP contribution in [-0.2, 0) is 14.8 Å². The molecular formula is C11H13NO3S2. The number of hydrogen-bond donors (Lipinski definition) is 1. The van der Waals surface area contributed by atoms with Crippen molar-refractivity contribution in [2.45, 2.75) is 24.2 Å². The second kappa shape index (κ2) is 3.81. The van der Waals surface area contributed by atoms with Crippen LogP contribution in [0.1, 0.15) is 19.3 Å². The van der Waals surface area contributed by atoms with Crippen LogP contribution in [0.5, 0.6) is 0 Å². The van der Waals surface area contributed by atoms with E-state index in [9.17, 15) is 13.2 Å². The molecule has 0 radical (unpaired) electrons. The molecule has 3 atom stereocenters. The summed E-state index contributed by atoms with van der Waals surface area (Å²) in [5, 5.41) is 3.22. The molecule has 2 aliphatic rings. The molecule has 1 aromatic rings. The highest BCUT2D eigenvalue weighted by atomic mass is 32.2. The first-order valence-corrected chi connectivity index (χ1v) is 8.09. The summed E-state index contributed by atoms with van der Waals surface area (Å²) >= 11 is 1.30. The van der Waals surface area contributed by atoms with Crippen molar-refractivity contribution in [3.05, 3.63) is 16.8 Å². The van der Waals surface area contributed by atoms with Crippen LogP contribution >= 0.6 is 11.3 Å². The van der Waals surface area contributed by atoms with Gasteiger partial charge in [0.05, 0.1) is 4.90 Å². The lowest BCUT2D eigenvalue weighted by Gasteiger charge is -2.11. The fourth-order valence-corrected chi connectivity index (χ4v) is 4.76. The lowest BCUT2D eigenvalue weighted by atomic mass is 10.0. The molecule has 2 saturated carbocycles. The van der Waals surface area contributed by atoms with Gasteiger partial charge in [0, 0.05) is 11.3 Å². The third-order valence-electron chi connectivity index (χ3n) is 3.72. The summed E-state index contributed by atoms with van der Waals surface area (Å²) in [6.07, 6.45) is 3.00. The Hall–Kier alpha value is -0.880. The topological polar surface area (TPSA) is 63.2 Å². The van der Waals surface area contributed by atoms with Crippen molar-refractivity contribution in [1.29, 1.82) is 0 Å². The largest absolute Gasteiger partial charge is 0.274 e. The van der Waals surface area contributed by atoms with Crippen LogP contribution in [0.15, 0.2) is 21.7 Å². The van der Waals surface area contributed by atoms with Gasteiger partial charge in [0.2, 0.25) is 5.91 Å². The van der Waals surface area contributed by atoms with E-state index >= 15 is 0 Å². The van der Waals surface area contributed by atoms with Gasteiger partial charge in [-0.1, -0.05) is 0 Å². The molecular weight excluding hydrogens is 258 g/mol. The van der Waals surface area contributed by atoms with Crippen molar-refractivity contribution < 1.29 is 13.2 Å². The van der Waals surface area contributed by atoms with E-state index in [1.54, 1.807) is 5.38 Å². The molecule has 1 amide bonds. The van der Waals surface area contributed by atoms with Gasteiger partial charge in [-0.25, -0.2) is 13.1 Å². The van der Waals surface area contributed by atoms with E-state index in [0.29, 0.717) is 11.8 Å². The molecule has 4 nitrogen and oxygen atoms in total. The summed E-state index contributed by atoms with van der Waals surface area (Å²) in [5.74, 6) is 0.705. The maximum atomic E-state index is 11.9. The molecule has 6 heteroatoms. The van der Waals surface area contributed by atoms with Crippen molar-refractivity contribution >= 4 is 27.3 Å². The molecule has 0 aromatic carbocycles. The van der Waals surface area contributed by atoms with Crippen LogP contribution in [0.25, 0.3) is 0 Å². The quantitative estimate of drug-likeness (QED) is 0.908. The Kier molecular flexibility index (Phi) is 2.52. The number of thiophene rings is 1. The number of sulfonamides is 1. The predicted molar refractivity (Wildman–Crippen MR) is 64.0 cm³/mol. The van der Waals surface area contributed by atoms with Gasteiger partial charge >= 0.3 is 0 Å². The molecule has 92 valence electrons. The summed E-state index contributed by atoms with van der Waals surface area (Å²) in [5.41, 5.74) is 0. The number of hydrogen-bond acceptors (Lipinski definition) is 4. The van der Waals surface area contributed by atoms with Crippen LogP contribution in [0.3, 0.4) is 0 Å². The van der Waals surface area contributed by atoms with Crippen LogP contribution in [0.4, 0.5) is 0 Å². The maximum absolute atomic E-state index is 11.9. The molecule has 1 aromatic heterocycles. The van der Waals surface area contributed by atoms with Gasteiger partial charge in [0.1, 0.15) is 0 Å². The molecule has 0 aliphatic heterocycles. The highest BCUT2D eigenvalue weighted by molar-refractivity contribution is 7.90. The zero-order valence-corrected chi connectivity index (χ0v) is 10.8. The molecule has 17 heavy (non-hydrogen) atoms. The molecule has 1 N–H and O–H groups in total. The Morgan fingerprint density at radius 1 is 1.41 bits per heavy atom. The van der Waals surface area contributed by atoms with Gasteiger partial charge < -0.3 is 0 Å². The minimum absolute atomic E-state index is 0.0894. The van der Waals surface area contributed by atoms with E-state index in [2.05, 4.69) is 4.72 Å². The first-order chi connectivity index (χ1) is 8.08. The zero-order chi connectivity index (χ0) is 12.0. The summed E-state index contributed by atoms with van der Waals surface area (Å²) in [6, 6.07) is 1.51. The van der Waals surface area contributed by atoms with E-state index in [0.717, 1.165) is 19.3 Å². The zero-order valence-electron chi connectivity index (χ0n) is 9.13. The lowest BCUT2D eigenvalue weighted by Crippen LogP contribution is -2.35. The lowest BCUT2D eigenvalue weighted by molar-refractivity contribution is -0.123. The summed E-state index contributed by atoms with van der Waals surface area (Å²) < 4.78 is 25.9. The molecule has 2 fully saturated rings. The highest BCUT2D eigenvalue weighted by Gasteiger charge is 2.51. The van der Waals surface area contributed by atoms with E-state index in [4.69, 9.17) is 0 Å². The Morgan fingerprint density at radius 3 is 2.76 bits per heavy atom. The Morgan fingerprint density at radius 2 is 2.24 bits per heavy atom. The van der Waals surface area contributed by atoms with Gasteiger partial charge in [-0.05, 0) is 42.5 Å². The van der Waals surface area contributed by atoms with Gasteiger partial charge in [-0.3, -0.25) is 4.79 Å². The van der Waals surface area contributed by atoms with Crippen LogP contribution in [0.2, 0.25) is 0 Å². The van der Waals surface area contributed by atoms with Crippen molar-refractivity contribution in [1.82, 2.24) is 4.72 Å². The third-order valence-corrected chi connectivity index (χ3v) is 5.90. The summed E-state index contributed by atoms with van der Waals surface area (Å²) in [4.78, 5) is 12.1. The van der Waals surface area contributed by atoms with E-state index in [-0.39, 0.29) is 16.7 Å². The van der Waals surface area contributed by atoms with Crippen molar-refractivity contribution in [3.8, 4) is 0 Å². The minimum Gasteiger partial charge on any atom is -0.274 e. The molecule has 0 spiro atoms. The summed E-state index contributed by atoms with van der Waals surface area (Å²) in [6.45, 7) is 0. The van der Waals surface area contributed by atoms with Crippen LogP contribution in [0, 0.1) is 17.8 Å². The second-order valence-corrected chi connectivity index (χ2v) is 7.23. The van der Waals surface area contributed by atoms with E-state index < -0.39 is 10.0 Å². The molecule has 3 rings (SSSR count). The van der Waals surface area contributed by atoms with Crippen LogP contribution < -0.4 is 4.72 Å². The van der Waals surface area contributed by atoms with Gasteiger partial charge in [0.25, 0.3) is 10.0 Å². The average Bonchev–Trinajstić information content (AvgIpc) is 2.75. The Bertz CT molecular complexity index is 535. The Balaban J connectivity index is 1.72. The van der Waals surface area contributed by atoms with E-state index in [1.165, 1.54) is 22.8 Å². The fraction of sp³-hybridized carbons (Fsp3) is 0.545. The maximum Gasteiger partial charge on any atom is 0.264 e. The number of rotatable bonds is 3. The van der Waals surface area contributed by atoms with Crippen LogP contribution in [-0.4, -0.2) is 14.3 Å². The third kappa shape index (κ3) is 1.99. The van der Waals surface area contributed by atoms with E-state index in [1.807, 2.05) is 0 Å². The van der Waals surface area contributed by atoms with Crippen molar-refractivity contribution in [2.75, 3.05) is 0 Å². The number of carbonyl (C=O) groups is 1. The highest BCUT2D eigenvalue weighted by Crippen LogP contribution is 2.55. The average molecular weight is 271 g/mol. The van der Waals surface area contributed by atoms with Gasteiger partial charge in [0.15, 0.2) is 0 Å². The number of carbonyl (C=O) groups excluding carboxylic acids is 1. The van der Waals surface area contributed by atoms with Gasteiger partial charge in [-0.2, -0.15) is 11.3 Å². The number of amides is 1. The number of nitrogens with one attached hydrogen (secondary N) is 1. The normalized spacial score (nSPS) is 30.9. The predicted octanol–water partition coefficient (Wildman–Crippen LogP) is 1.60. The first kappa shape index (κ1) is 11.2. The SMILES string of the molecule is O=C(NS(=O)(=O)c1ccsc1)[C@@H]1CC[C@@H]2C[C@@H]21. The Labute approximate surface area is 104 Å². The van der Waals surface area contributed by atoms with Crippen molar-refractivity contribution in [2.24, 2.45) is 17.8 Å². The molecule has 2 aliphatic carbocycles. The smallest absolute Gasteiger partial charge is 0.264 e. The molecule has 0 saturated heterocycles. The van der Waals surface area contributed by atoms with Crippen molar-refractivity contribution in [3.63, 3.8) is 0 Å². The minimum atomic E-state index is -3.65. The van der Waals surface area contributed by atoms with Gasteiger partial charge in [-0.15, -0.1) is 0 Å². The molecule has 0 bridgehead atoms. The fourth-order valence-electron chi connectivity index (χ4n) is 2.70. The summed E-state index contributed by atoms with van der Waals surface area (Å²) in [7, 11) is -3.65. The first-order valence-electron chi connectivity index (χ1n) is 5.67. The standard InChI is InChI=1S/C11H13NO3S2/c13-11(9-2-1-7-5-10(7)9)12-17(14,15)8-3-4-16-6-8/h3-4,6-7,9-10H,1-2,5H2,(H,12,13)/t7-,9-,10+/m1/s1.